The quantitative estimate of drug-likeness (QED) is 0.338. The summed E-state index contributed by atoms with van der Waals surface area (Å²) in [6.45, 7) is 2.00. The number of hydrogen-bond donors (Lipinski definition) is 3. The van der Waals surface area contributed by atoms with Gasteiger partial charge in [-0.15, -0.1) is 11.3 Å². The van der Waals surface area contributed by atoms with Crippen molar-refractivity contribution in [3.63, 3.8) is 0 Å². The van der Waals surface area contributed by atoms with Gasteiger partial charge in [-0.25, -0.2) is 4.98 Å². The largest absolute Gasteiger partial charge is 0.349 e. The lowest BCUT2D eigenvalue weighted by atomic mass is 9.93. The highest BCUT2D eigenvalue weighted by molar-refractivity contribution is 7.17. The Hall–Kier alpha value is -3.71. The number of carbonyl (C=O) groups is 2. The fourth-order valence-electron chi connectivity index (χ4n) is 3.79. The number of rotatable bonds is 6. The predicted molar refractivity (Wildman–Crippen MR) is 134 cm³/mol. The Morgan fingerprint density at radius 1 is 1.00 bits per heavy atom. The monoisotopic (exact) mass is 456 g/mol. The highest BCUT2D eigenvalue weighted by Crippen LogP contribution is 2.30. The molecule has 1 aliphatic rings. The van der Waals surface area contributed by atoms with Crippen molar-refractivity contribution in [1.82, 2.24) is 10.3 Å². The van der Waals surface area contributed by atoms with E-state index in [2.05, 4.69) is 20.9 Å². The van der Waals surface area contributed by atoms with Gasteiger partial charge in [-0.2, -0.15) is 0 Å². The first-order valence-corrected chi connectivity index (χ1v) is 11.9. The number of fused-ring (bicyclic) bond motifs is 1. The Kier molecular flexibility index (Phi) is 5.79. The van der Waals surface area contributed by atoms with Crippen LogP contribution < -0.4 is 16.0 Å². The Labute approximate surface area is 196 Å². The lowest BCUT2D eigenvalue weighted by Crippen LogP contribution is -2.39. The van der Waals surface area contributed by atoms with Gasteiger partial charge in [0.2, 0.25) is 0 Å². The second-order valence-electron chi connectivity index (χ2n) is 8.26. The first kappa shape index (κ1) is 21.2. The molecule has 7 heteroatoms. The van der Waals surface area contributed by atoms with Gasteiger partial charge in [0, 0.05) is 33.4 Å². The Morgan fingerprint density at radius 3 is 2.58 bits per heavy atom. The van der Waals surface area contributed by atoms with E-state index in [0.717, 1.165) is 40.6 Å². The van der Waals surface area contributed by atoms with Crippen LogP contribution >= 0.6 is 11.3 Å². The van der Waals surface area contributed by atoms with Gasteiger partial charge in [0.05, 0.1) is 16.8 Å². The molecule has 2 aromatic carbocycles. The van der Waals surface area contributed by atoms with E-state index in [1.807, 2.05) is 60.8 Å². The van der Waals surface area contributed by atoms with Gasteiger partial charge in [0.1, 0.15) is 0 Å². The number of benzene rings is 2. The van der Waals surface area contributed by atoms with Crippen molar-refractivity contribution in [2.45, 2.75) is 32.2 Å². The number of nitrogens with one attached hydrogen (secondary N) is 3. The van der Waals surface area contributed by atoms with E-state index in [4.69, 9.17) is 0 Å². The van der Waals surface area contributed by atoms with Crippen LogP contribution in [-0.2, 0) is 0 Å². The van der Waals surface area contributed by atoms with Crippen molar-refractivity contribution in [2.75, 3.05) is 10.6 Å². The van der Waals surface area contributed by atoms with Gasteiger partial charge in [0.25, 0.3) is 11.8 Å². The molecule has 2 aromatic heterocycles. The number of anilines is 3. The summed E-state index contributed by atoms with van der Waals surface area (Å²) in [6, 6.07) is 17.6. The summed E-state index contributed by atoms with van der Waals surface area (Å²) in [7, 11) is 0. The van der Waals surface area contributed by atoms with Crippen LogP contribution in [0.15, 0.2) is 66.2 Å². The minimum atomic E-state index is -0.237. The minimum absolute atomic E-state index is 0.175. The average Bonchev–Trinajstić information content (AvgIpc) is 3.23. The molecule has 0 unspecified atom stereocenters. The van der Waals surface area contributed by atoms with Crippen molar-refractivity contribution < 1.29 is 9.59 Å². The molecule has 0 radical (unpaired) electrons. The van der Waals surface area contributed by atoms with E-state index in [0.29, 0.717) is 22.6 Å². The number of amides is 2. The molecule has 0 atom stereocenters. The molecule has 4 aromatic rings. The number of aryl methyl sites for hydroxylation is 1. The zero-order valence-electron chi connectivity index (χ0n) is 18.2. The molecule has 33 heavy (non-hydrogen) atoms. The molecular formula is C26H24N4O2S. The van der Waals surface area contributed by atoms with Crippen molar-refractivity contribution >= 4 is 50.4 Å². The molecule has 0 spiro atoms. The molecule has 1 fully saturated rings. The highest BCUT2D eigenvalue weighted by Gasteiger charge is 2.22. The maximum absolute atomic E-state index is 13.2. The molecule has 1 aliphatic carbocycles. The van der Waals surface area contributed by atoms with Gasteiger partial charge in [-0.3, -0.25) is 9.59 Å². The standard InChI is InChI=1S/C26H24N4O2S/c1-16-7-2-4-11-21(16)29-24-22(13-17(14-27-24)25(31)28-18-8-6-9-18)30-26(32)20-15-33-23-12-5-3-10-19(20)23/h2-5,7,10-15,18H,6,8-9H2,1H3,(H,27,29)(H,28,31)(H,30,32). The summed E-state index contributed by atoms with van der Waals surface area (Å²) < 4.78 is 1.05. The Balaban J connectivity index is 1.47. The van der Waals surface area contributed by atoms with E-state index in [1.165, 1.54) is 11.3 Å². The summed E-state index contributed by atoms with van der Waals surface area (Å²) in [6.07, 6.45) is 4.68. The third-order valence-corrected chi connectivity index (χ3v) is 6.93. The van der Waals surface area contributed by atoms with Gasteiger partial charge < -0.3 is 16.0 Å². The maximum atomic E-state index is 13.2. The number of pyridine rings is 1. The minimum Gasteiger partial charge on any atom is -0.349 e. The third kappa shape index (κ3) is 4.45. The zero-order chi connectivity index (χ0) is 22.8. The number of thiophene rings is 1. The van der Waals surface area contributed by atoms with Gasteiger partial charge >= 0.3 is 0 Å². The highest BCUT2D eigenvalue weighted by atomic mass is 32.1. The van der Waals surface area contributed by atoms with E-state index >= 15 is 0 Å². The lowest BCUT2D eigenvalue weighted by molar-refractivity contribution is 0.0915. The fourth-order valence-corrected chi connectivity index (χ4v) is 4.73. The molecular weight excluding hydrogens is 432 g/mol. The average molecular weight is 457 g/mol. The molecule has 5 rings (SSSR count). The molecule has 2 amide bonds. The van der Waals surface area contributed by atoms with Gasteiger partial charge in [0.15, 0.2) is 5.82 Å². The van der Waals surface area contributed by atoms with Crippen LogP contribution in [0.5, 0.6) is 0 Å². The first-order valence-electron chi connectivity index (χ1n) is 11.0. The summed E-state index contributed by atoms with van der Waals surface area (Å²) in [5.74, 6) is 0.0714. The van der Waals surface area contributed by atoms with Crippen molar-refractivity contribution in [3.8, 4) is 0 Å². The van der Waals surface area contributed by atoms with Crippen molar-refractivity contribution in [3.05, 3.63) is 82.9 Å². The van der Waals surface area contributed by atoms with Crippen LogP contribution in [0.2, 0.25) is 0 Å². The summed E-state index contributed by atoms with van der Waals surface area (Å²) in [4.78, 5) is 30.4. The Morgan fingerprint density at radius 2 is 1.79 bits per heavy atom. The molecule has 0 bridgehead atoms. The fraction of sp³-hybridized carbons (Fsp3) is 0.192. The zero-order valence-corrected chi connectivity index (χ0v) is 19.0. The SMILES string of the molecule is Cc1ccccc1Nc1ncc(C(=O)NC2CCC2)cc1NC(=O)c1csc2ccccc12. The van der Waals surface area contributed by atoms with E-state index in [-0.39, 0.29) is 17.9 Å². The lowest BCUT2D eigenvalue weighted by Gasteiger charge is -2.26. The molecule has 166 valence electrons. The molecule has 1 saturated carbocycles. The van der Waals surface area contributed by atoms with Gasteiger partial charge in [-0.05, 0) is 49.9 Å². The summed E-state index contributed by atoms with van der Waals surface area (Å²) in [5.41, 5.74) is 3.41. The van der Waals surface area contributed by atoms with Crippen molar-refractivity contribution in [2.24, 2.45) is 0 Å². The first-order chi connectivity index (χ1) is 16.1. The van der Waals surface area contributed by atoms with Crippen LogP contribution in [0.25, 0.3) is 10.1 Å². The third-order valence-electron chi connectivity index (χ3n) is 5.96. The topological polar surface area (TPSA) is 83.1 Å². The number of hydrogen-bond acceptors (Lipinski definition) is 5. The predicted octanol–water partition coefficient (Wildman–Crippen LogP) is 5.88. The smallest absolute Gasteiger partial charge is 0.257 e. The van der Waals surface area contributed by atoms with E-state index < -0.39 is 0 Å². The second-order valence-corrected chi connectivity index (χ2v) is 9.17. The Bertz CT molecular complexity index is 1340. The number of para-hydroxylation sites is 1. The van der Waals surface area contributed by atoms with E-state index in [9.17, 15) is 9.59 Å². The maximum Gasteiger partial charge on any atom is 0.257 e. The van der Waals surface area contributed by atoms with Crippen LogP contribution in [-0.4, -0.2) is 22.8 Å². The summed E-state index contributed by atoms with van der Waals surface area (Å²) in [5, 5.41) is 12.1. The molecule has 0 aliphatic heterocycles. The summed E-state index contributed by atoms with van der Waals surface area (Å²) >= 11 is 1.53. The number of aromatic nitrogens is 1. The second kappa shape index (κ2) is 9.03. The van der Waals surface area contributed by atoms with Gasteiger partial charge in [-0.1, -0.05) is 36.4 Å². The van der Waals surface area contributed by atoms with Crippen LogP contribution in [0.3, 0.4) is 0 Å². The number of carbonyl (C=O) groups excluding carboxylic acids is 2. The van der Waals surface area contributed by atoms with Crippen LogP contribution in [0, 0.1) is 6.92 Å². The molecule has 0 saturated heterocycles. The van der Waals surface area contributed by atoms with Crippen molar-refractivity contribution in [1.29, 1.82) is 0 Å². The van der Waals surface area contributed by atoms with Crippen LogP contribution in [0.4, 0.5) is 17.2 Å². The molecule has 2 heterocycles. The number of nitrogens with zero attached hydrogens (tertiary/aromatic N) is 1. The molecule has 3 N–H and O–H groups in total. The van der Waals surface area contributed by atoms with E-state index in [1.54, 1.807) is 12.3 Å². The van der Waals surface area contributed by atoms with Crippen LogP contribution in [0.1, 0.15) is 45.5 Å². The molecule has 6 nitrogen and oxygen atoms in total. The normalized spacial score (nSPS) is 13.4.